The van der Waals surface area contributed by atoms with Crippen LogP contribution in [0.25, 0.3) is 11.3 Å². The van der Waals surface area contributed by atoms with Gasteiger partial charge < -0.3 is 5.73 Å². The second-order valence-electron chi connectivity index (χ2n) is 7.46. The first-order valence-electron chi connectivity index (χ1n) is 8.39. The molecule has 0 amide bonds. The number of H-pyrrole nitrogens is 1. The molecule has 0 aliphatic heterocycles. The van der Waals surface area contributed by atoms with Crippen LogP contribution < -0.4 is 5.73 Å². The standard InChI is InChI=1S/C19H27N3/c1-19(2,3)15-9-7-14(8-10-15)18-17-13(11-12-20)5-4-6-16(17)21-22-18/h7-10,13H,4-6,11-12,20H2,1-3H3,(H,21,22). The highest BCUT2D eigenvalue weighted by Gasteiger charge is 2.26. The summed E-state index contributed by atoms with van der Waals surface area (Å²) in [5, 5.41) is 7.89. The molecule has 1 atom stereocenters. The van der Waals surface area contributed by atoms with Crippen LogP contribution in [0.2, 0.25) is 0 Å². The van der Waals surface area contributed by atoms with Gasteiger partial charge in [-0.1, -0.05) is 45.0 Å². The van der Waals surface area contributed by atoms with Crippen molar-refractivity contribution in [1.29, 1.82) is 0 Å². The summed E-state index contributed by atoms with van der Waals surface area (Å²) in [4.78, 5) is 0. The smallest absolute Gasteiger partial charge is 0.0958 e. The van der Waals surface area contributed by atoms with Crippen LogP contribution >= 0.6 is 0 Å². The Morgan fingerprint density at radius 1 is 1.23 bits per heavy atom. The summed E-state index contributed by atoms with van der Waals surface area (Å²) in [6.07, 6.45) is 4.64. The first-order chi connectivity index (χ1) is 10.5. The van der Waals surface area contributed by atoms with Gasteiger partial charge in [-0.25, -0.2) is 0 Å². The number of nitrogens with two attached hydrogens (primary N) is 1. The van der Waals surface area contributed by atoms with Crippen molar-refractivity contribution in [2.75, 3.05) is 6.54 Å². The van der Waals surface area contributed by atoms with E-state index in [1.54, 1.807) is 0 Å². The molecule has 1 aromatic carbocycles. The summed E-state index contributed by atoms with van der Waals surface area (Å²) in [5.74, 6) is 0.560. The lowest BCUT2D eigenvalue weighted by Crippen LogP contribution is -2.14. The van der Waals surface area contributed by atoms with Crippen LogP contribution in [0.4, 0.5) is 0 Å². The summed E-state index contributed by atoms with van der Waals surface area (Å²) in [7, 11) is 0. The Morgan fingerprint density at radius 2 is 1.95 bits per heavy atom. The lowest BCUT2D eigenvalue weighted by Gasteiger charge is -2.23. The summed E-state index contributed by atoms with van der Waals surface area (Å²) in [6.45, 7) is 7.48. The quantitative estimate of drug-likeness (QED) is 0.894. The van der Waals surface area contributed by atoms with E-state index < -0.39 is 0 Å². The maximum absolute atomic E-state index is 5.81. The van der Waals surface area contributed by atoms with E-state index in [1.165, 1.54) is 35.2 Å². The number of nitrogens with one attached hydrogen (secondary N) is 1. The zero-order valence-electron chi connectivity index (χ0n) is 13.9. The van der Waals surface area contributed by atoms with Crippen molar-refractivity contribution in [2.45, 2.75) is 57.8 Å². The predicted octanol–water partition coefficient (Wildman–Crippen LogP) is 4.14. The van der Waals surface area contributed by atoms with Gasteiger partial charge in [0.05, 0.1) is 5.69 Å². The molecule has 0 radical (unpaired) electrons. The highest BCUT2D eigenvalue weighted by Crippen LogP contribution is 2.39. The Kier molecular flexibility index (Phi) is 4.09. The van der Waals surface area contributed by atoms with Gasteiger partial charge in [0.15, 0.2) is 0 Å². The number of hydrogen-bond donors (Lipinski definition) is 2. The van der Waals surface area contributed by atoms with Gasteiger partial charge in [0.25, 0.3) is 0 Å². The van der Waals surface area contributed by atoms with Crippen LogP contribution in [0.3, 0.4) is 0 Å². The van der Waals surface area contributed by atoms with Crippen LogP contribution in [0.15, 0.2) is 24.3 Å². The molecule has 22 heavy (non-hydrogen) atoms. The average Bonchev–Trinajstić information content (AvgIpc) is 2.92. The van der Waals surface area contributed by atoms with Crippen molar-refractivity contribution in [3.8, 4) is 11.3 Å². The summed E-state index contributed by atoms with van der Waals surface area (Å²) >= 11 is 0. The minimum atomic E-state index is 0.186. The molecule has 3 N–H and O–H groups in total. The third kappa shape index (κ3) is 2.82. The second-order valence-corrected chi connectivity index (χ2v) is 7.46. The van der Waals surface area contributed by atoms with Crippen molar-refractivity contribution >= 4 is 0 Å². The van der Waals surface area contributed by atoms with Crippen LogP contribution in [-0.2, 0) is 11.8 Å². The third-order valence-corrected chi connectivity index (χ3v) is 4.81. The maximum Gasteiger partial charge on any atom is 0.0958 e. The molecule has 0 saturated carbocycles. The highest BCUT2D eigenvalue weighted by molar-refractivity contribution is 5.65. The van der Waals surface area contributed by atoms with Gasteiger partial charge in [0.2, 0.25) is 0 Å². The molecule has 118 valence electrons. The number of fused-ring (bicyclic) bond motifs is 1. The third-order valence-electron chi connectivity index (χ3n) is 4.81. The van der Waals surface area contributed by atoms with Gasteiger partial charge in [-0.15, -0.1) is 0 Å². The fraction of sp³-hybridized carbons (Fsp3) is 0.526. The van der Waals surface area contributed by atoms with Gasteiger partial charge >= 0.3 is 0 Å². The van der Waals surface area contributed by atoms with Crippen molar-refractivity contribution in [2.24, 2.45) is 5.73 Å². The number of benzene rings is 1. The van der Waals surface area contributed by atoms with Crippen molar-refractivity contribution in [1.82, 2.24) is 10.2 Å². The number of aryl methyl sites for hydroxylation is 1. The molecular weight excluding hydrogens is 270 g/mol. The number of rotatable bonds is 3. The number of aromatic nitrogens is 2. The molecule has 1 unspecified atom stereocenters. The number of aromatic amines is 1. The van der Waals surface area contributed by atoms with Gasteiger partial charge in [0.1, 0.15) is 0 Å². The van der Waals surface area contributed by atoms with Gasteiger partial charge in [-0.3, -0.25) is 5.10 Å². The van der Waals surface area contributed by atoms with Gasteiger partial charge in [-0.05, 0) is 49.1 Å². The van der Waals surface area contributed by atoms with Crippen molar-refractivity contribution < 1.29 is 0 Å². The van der Waals surface area contributed by atoms with Gasteiger partial charge in [-0.2, -0.15) is 5.10 Å². The molecule has 0 spiro atoms. The summed E-state index contributed by atoms with van der Waals surface area (Å²) in [5.41, 5.74) is 12.4. The molecule has 1 heterocycles. The average molecular weight is 297 g/mol. The lowest BCUT2D eigenvalue weighted by molar-refractivity contribution is 0.524. The number of nitrogens with zero attached hydrogens (tertiary/aromatic N) is 1. The second kappa shape index (κ2) is 5.88. The zero-order chi connectivity index (χ0) is 15.7. The summed E-state index contributed by atoms with van der Waals surface area (Å²) in [6, 6.07) is 8.89. The monoisotopic (exact) mass is 297 g/mol. The highest BCUT2D eigenvalue weighted by atomic mass is 15.1. The normalized spacial score (nSPS) is 18.3. The summed E-state index contributed by atoms with van der Waals surface area (Å²) < 4.78 is 0. The molecule has 2 aromatic rings. The lowest BCUT2D eigenvalue weighted by atomic mass is 9.81. The Balaban J connectivity index is 1.97. The number of hydrogen-bond acceptors (Lipinski definition) is 2. The van der Waals surface area contributed by atoms with Crippen LogP contribution in [-0.4, -0.2) is 16.7 Å². The van der Waals surface area contributed by atoms with E-state index in [0.29, 0.717) is 5.92 Å². The van der Waals surface area contributed by atoms with Crippen molar-refractivity contribution in [3.63, 3.8) is 0 Å². The van der Waals surface area contributed by atoms with E-state index in [-0.39, 0.29) is 5.41 Å². The molecule has 3 heteroatoms. The van der Waals surface area contributed by atoms with Crippen molar-refractivity contribution in [3.05, 3.63) is 41.1 Å². The van der Waals surface area contributed by atoms with Crippen LogP contribution in [0.5, 0.6) is 0 Å². The molecule has 0 bridgehead atoms. The molecule has 1 aliphatic carbocycles. The van der Waals surface area contributed by atoms with E-state index in [2.05, 4.69) is 55.2 Å². The Labute approximate surface area is 133 Å². The van der Waals surface area contributed by atoms with Crippen LogP contribution in [0, 0.1) is 0 Å². The predicted molar refractivity (Wildman–Crippen MR) is 92.1 cm³/mol. The van der Waals surface area contributed by atoms with Gasteiger partial charge in [0, 0.05) is 16.8 Å². The largest absolute Gasteiger partial charge is 0.330 e. The van der Waals surface area contributed by atoms with E-state index in [4.69, 9.17) is 5.73 Å². The maximum atomic E-state index is 5.81. The molecule has 3 rings (SSSR count). The molecular formula is C19H27N3. The Hall–Kier alpha value is -1.61. The Bertz CT molecular complexity index is 632. The van der Waals surface area contributed by atoms with E-state index in [0.717, 1.165) is 25.1 Å². The Morgan fingerprint density at radius 3 is 2.59 bits per heavy atom. The molecule has 0 saturated heterocycles. The first-order valence-corrected chi connectivity index (χ1v) is 8.39. The minimum absolute atomic E-state index is 0.186. The molecule has 1 aromatic heterocycles. The minimum Gasteiger partial charge on any atom is -0.330 e. The fourth-order valence-electron chi connectivity index (χ4n) is 3.52. The van der Waals surface area contributed by atoms with Crippen LogP contribution in [0.1, 0.15) is 62.8 Å². The molecule has 1 aliphatic rings. The van der Waals surface area contributed by atoms with E-state index in [1.807, 2.05) is 0 Å². The topological polar surface area (TPSA) is 54.7 Å². The fourth-order valence-corrected chi connectivity index (χ4v) is 3.52. The SMILES string of the molecule is CC(C)(C)c1ccc(-c2n[nH]c3c2C(CCN)CCC3)cc1. The zero-order valence-corrected chi connectivity index (χ0v) is 13.9. The van der Waals surface area contributed by atoms with E-state index in [9.17, 15) is 0 Å². The molecule has 3 nitrogen and oxygen atoms in total. The molecule has 0 fully saturated rings. The van der Waals surface area contributed by atoms with E-state index >= 15 is 0 Å². The first kappa shape index (κ1) is 15.3.